The minimum atomic E-state index is 0.170. The molecule has 3 nitrogen and oxygen atoms in total. The van der Waals surface area contributed by atoms with Crippen molar-refractivity contribution in [2.45, 2.75) is 46.0 Å². The van der Waals surface area contributed by atoms with Gasteiger partial charge in [-0.15, -0.1) is 0 Å². The van der Waals surface area contributed by atoms with Gasteiger partial charge in [0.1, 0.15) is 5.75 Å². The second kappa shape index (κ2) is 8.98. The fraction of sp³-hybridized carbons (Fsp3) is 0.647. The van der Waals surface area contributed by atoms with Gasteiger partial charge in [-0.2, -0.15) is 0 Å². The summed E-state index contributed by atoms with van der Waals surface area (Å²) in [6, 6.07) is 6.33. The molecule has 1 aromatic carbocycles. The van der Waals surface area contributed by atoms with Crippen LogP contribution in [-0.2, 0) is 0 Å². The number of aliphatic hydroxyl groups is 1. The van der Waals surface area contributed by atoms with Crippen LogP contribution in [0.3, 0.4) is 0 Å². The molecule has 0 heterocycles. The second-order valence-corrected chi connectivity index (χ2v) is 5.49. The van der Waals surface area contributed by atoms with Crippen LogP contribution < -0.4 is 10.5 Å². The molecule has 0 saturated carbocycles. The molecule has 0 aliphatic rings. The zero-order chi connectivity index (χ0) is 15.0. The highest BCUT2D eigenvalue weighted by atomic mass is 16.5. The molecule has 0 aliphatic carbocycles. The van der Waals surface area contributed by atoms with Crippen molar-refractivity contribution in [3.63, 3.8) is 0 Å². The lowest BCUT2D eigenvalue weighted by Gasteiger charge is -2.22. The number of aliphatic hydroxyl groups excluding tert-OH is 1. The maximum Gasteiger partial charge on any atom is 0.119 e. The average molecular weight is 279 g/mol. The molecule has 0 aliphatic heterocycles. The minimum absolute atomic E-state index is 0.170. The minimum Gasteiger partial charge on any atom is -0.494 e. The monoisotopic (exact) mass is 279 g/mol. The molecule has 0 bridgehead atoms. The molecule has 2 atom stereocenters. The van der Waals surface area contributed by atoms with E-state index in [0.29, 0.717) is 12.5 Å². The van der Waals surface area contributed by atoms with Crippen molar-refractivity contribution in [1.82, 2.24) is 0 Å². The Balaban J connectivity index is 2.81. The zero-order valence-electron chi connectivity index (χ0n) is 13.1. The Kier molecular flexibility index (Phi) is 7.63. The highest BCUT2D eigenvalue weighted by molar-refractivity contribution is 5.37. The average Bonchev–Trinajstić information content (AvgIpc) is 2.47. The van der Waals surface area contributed by atoms with E-state index in [1.807, 2.05) is 0 Å². The van der Waals surface area contributed by atoms with Gasteiger partial charge in [0.05, 0.1) is 6.61 Å². The molecule has 3 heteroatoms. The van der Waals surface area contributed by atoms with Gasteiger partial charge in [0.25, 0.3) is 0 Å². The molecule has 0 saturated heterocycles. The third-order valence-electron chi connectivity index (χ3n) is 3.86. The molecule has 0 radical (unpaired) electrons. The molecule has 1 rings (SSSR count). The van der Waals surface area contributed by atoms with E-state index in [0.717, 1.165) is 31.6 Å². The second-order valence-electron chi connectivity index (χ2n) is 5.49. The first-order chi connectivity index (χ1) is 9.65. The van der Waals surface area contributed by atoms with Crippen LogP contribution in [0.5, 0.6) is 5.75 Å². The predicted octanol–water partition coefficient (Wildman–Crippen LogP) is 3.23. The summed E-state index contributed by atoms with van der Waals surface area (Å²) in [5.41, 5.74) is 8.31. The van der Waals surface area contributed by atoms with Crippen LogP contribution in [-0.4, -0.2) is 24.9 Å². The van der Waals surface area contributed by atoms with E-state index in [9.17, 15) is 5.11 Å². The maximum atomic E-state index is 9.33. The molecular weight excluding hydrogens is 250 g/mol. The maximum absolute atomic E-state index is 9.33. The summed E-state index contributed by atoms with van der Waals surface area (Å²) in [6.45, 7) is 7.91. The van der Waals surface area contributed by atoms with Crippen LogP contribution in [0.2, 0.25) is 0 Å². The molecule has 20 heavy (non-hydrogen) atoms. The van der Waals surface area contributed by atoms with Gasteiger partial charge < -0.3 is 15.6 Å². The largest absolute Gasteiger partial charge is 0.494 e. The van der Waals surface area contributed by atoms with Gasteiger partial charge in [-0.3, -0.25) is 0 Å². The zero-order valence-corrected chi connectivity index (χ0v) is 13.1. The molecule has 0 aromatic heterocycles. The number of nitrogens with two attached hydrogens (primary N) is 1. The van der Waals surface area contributed by atoms with Gasteiger partial charge in [-0.1, -0.05) is 19.9 Å². The van der Waals surface area contributed by atoms with Gasteiger partial charge in [0, 0.05) is 6.61 Å². The summed E-state index contributed by atoms with van der Waals surface area (Å²) in [6.07, 6.45) is 3.03. The van der Waals surface area contributed by atoms with Crippen molar-refractivity contribution in [2.75, 3.05) is 19.8 Å². The van der Waals surface area contributed by atoms with Crippen molar-refractivity contribution in [3.05, 3.63) is 29.3 Å². The number of benzene rings is 1. The lowest BCUT2D eigenvalue weighted by Crippen LogP contribution is -2.21. The summed E-state index contributed by atoms with van der Waals surface area (Å²) >= 11 is 0. The fourth-order valence-electron chi connectivity index (χ4n) is 2.58. The van der Waals surface area contributed by atoms with Crippen LogP contribution in [0.1, 0.15) is 50.2 Å². The van der Waals surface area contributed by atoms with Crippen molar-refractivity contribution >= 4 is 0 Å². The van der Waals surface area contributed by atoms with Crippen molar-refractivity contribution in [1.29, 1.82) is 0 Å². The van der Waals surface area contributed by atoms with E-state index in [-0.39, 0.29) is 12.5 Å². The number of ether oxygens (including phenoxy) is 1. The Hall–Kier alpha value is -1.06. The van der Waals surface area contributed by atoms with Crippen LogP contribution in [0.25, 0.3) is 0 Å². The Morgan fingerprint density at radius 3 is 2.55 bits per heavy atom. The molecule has 0 spiro atoms. The summed E-state index contributed by atoms with van der Waals surface area (Å²) in [4.78, 5) is 0. The topological polar surface area (TPSA) is 55.5 Å². The Bertz CT molecular complexity index is 389. The highest BCUT2D eigenvalue weighted by Crippen LogP contribution is 2.31. The van der Waals surface area contributed by atoms with E-state index in [1.165, 1.54) is 11.1 Å². The Morgan fingerprint density at radius 2 is 2.05 bits per heavy atom. The number of hydrogen-bond acceptors (Lipinski definition) is 3. The van der Waals surface area contributed by atoms with E-state index in [1.54, 1.807) is 0 Å². The van der Waals surface area contributed by atoms with Gasteiger partial charge >= 0.3 is 0 Å². The summed E-state index contributed by atoms with van der Waals surface area (Å²) in [5.74, 6) is 1.59. The van der Waals surface area contributed by atoms with Gasteiger partial charge in [-0.05, 0) is 67.8 Å². The third kappa shape index (κ3) is 4.80. The Morgan fingerprint density at radius 1 is 1.30 bits per heavy atom. The number of hydrogen-bond donors (Lipinski definition) is 2. The molecule has 0 fully saturated rings. The smallest absolute Gasteiger partial charge is 0.119 e. The van der Waals surface area contributed by atoms with Crippen LogP contribution in [0.4, 0.5) is 0 Å². The van der Waals surface area contributed by atoms with Gasteiger partial charge in [-0.25, -0.2) is 0 Å². The summed E-state index contributed by atoms with van der Waals surface area (Å²) in [5, 5.41) is 9.33. The normalized spacial score (nSPS) is 14.1. The van der Waals surface area contributed by atoms with Gasteiger partial charge in [0.15, 0.2) is 0 Å². The standard InChI is InChI=1S/C17H29NO2/c1-4-8-20-16-6-7-17(13(3)9-16)15(5-2)10-14(11-18)12-19/h6-7,9,14-15,19H,4-5,8,10-12,18H2,1-3H3. The number of rotatable bonds is 9. The van der Waals surface area contributed by atoms with Crippen molar-refractivity contribution in [2.24, 2.45) is 11.7 Å². The van der Waals surface area contributed by atoms with Crippen molar-refractivity contribution < 1.29 is 9.84 Å². The fourth-order valence-corrected chi connectivity index (χ4v) is 2.58. The van der Waals surface area contributed by atoms with Gasteiger partial charge in [0.2, 0.25) is 0 Å². The number of aryl methyl sites for hydroxylation is 1. The first kappa shape index (κ1) is 17.0. The SMILES string of the molecule is CCCOc1ccc(C(CC)CC(CN)CO)c(C)c1. The quantitative estimate of drug-likeness (QED) is 0.729. The van der Waals surface area contributed by atoms with Crippen LogP contribution in [0, 0.1) is 12.8 Å². The first-order valence-electron chi connectivity index (χ1n) is 7.70. The van der Waals surface area contributed by atoms with E-state index >= 15 is 0 Å². The third-order valence-corrected chi connectivity index (χ3v) is 3.86. The summed E-state index contributed by atoms with van der Waals surface area (Å²) in [7, 11) is 0. The molecular formula is C17H29NO2. The molecule has 114 valence electrons. The molecule has 3 N–H and O–H groups in total. The molecule has 2 unspecified atom stereocenters. The molecule has 0 amide bonds. The van der Waals surface area contributed by atoms with Crippen LogP contribution in [0.15, 0.2) is 18.2 Å². The van der Waals surface area contributed by atoms with Crippen LogP contribution >= 0.6 is 0 Å². The lowest BCUT2D eigenvalue weighted by atomic mass is 9.85. The van der Waals surface area contributed by atoms with E-state index < -0.39 is 0 Å². The first-order valence-corrected chi connectivity index (χ1v) is 7.70. The van der Waals surface area contributed by atoms with E-state index in [4.69, 9.17) is 10.5 Å². The summed E-state index contributed by atoms with van der Waals surface area (Å²) < 4.78 is 5.67. The predicted molar refractivity (Wildman–Crippen MR) is 84.2 cm³/mol. The Labute approximate surface area is 123 Å². The van der Waals surface area contributed by atoms with Crippen molar-refractivity contribution in [3.8, 4) is 5.75 Å². The highest BCUT2D eigenvalue weighted by Gasteiger charge is 2.17. The molecule has 1 aromatic rings. The lowest BCUT2D eigenvalue weighted by molar-refractivity contribution is 0.214. The van der Waals surface area contributed by atoms with E-state index in [2.05, 4.69) is 39.0 Å².